The third kappa shape index (κ3) is 3.80. The second kappa shape index (κ2) is 5.42. The molecule has 13 heavy (non-hydrogen) atoms. The number of carboxylic acids is 1. The average molecular weight is 200 g/mol. The molecule has 0 heterocycles. The van der Waals surface area contributed by atoms with E-state index in [1.807, 2.05) is 0 Å². The van der Waals surface area contributed by atoms with Gasteiger partial charge in [0.2, 0.25) is 0 Å². The van der Waals surface area contributed by atoms with E-state index < -0.39 is 5.97 Å². The van der Waals surface area contributed by atoms with Crippen molar-refractivity contribution in [3.8, 4) is 0 Å². The van der Waals surface area contributed by atoms with Gasteiger partial charge in [0.15, 0.2) is 5.17 Å². The average Bonchev–Trinajstić information content (AvgIpc) is 2.12. The largest absolute Gasteiger partial charge is 0.478 e. The van der Waals surface area contributed by atoms with Crippen molar-refractivity contribution >= 4 is 22.9 Å². The molecule has 0 aliphatic heterocycles. The zero-order valence-electron chi connectivity index (χ0n) is 7.57. The lowest BCUT2D eigenvalue weighted by Gasteiger charge is -2.01. The van der Waals surface area contributed by atoms with Gasteiger partial charge in [-0.15, -0.1) is 0 Å². The highest BCUT2D eigenvalue weighted by Crippen LogP contribution is 2.10. The van der Waals surface area contributed by atoms with Crippen molar-refractivity contribution in [2.24, 2.45) is 10.7 Å². The maximum absolute atomic E-state index is 10.5. The predicted octanol–water partition coefficient (Wildman–Crippen LogP) is 1.21. The molecule has 0 atom stereocenters. The van der Waals surface area contributed by atoms with Gasteiger partial charge in [0.25, 0.3) is 0 Å². The summed E-state index contributed by atoms with van der Waals surface area (Å²) < 4.78 is 0. The van der Waals surface area contributed by atoms with Crippen LogP contribution in [0.3, 0.4) is 0 Å². The van der Waals surface area contributed by atoms with Gasteiger partial charge in [0.05, 0.1) is 11.3 Å². The first kappa shape index (κ1) is 11.8. The Morgan fingerprint density at radius 2 is 2.23 bits per heavy atom. The smallest absolute Gasteiger partial charge is 0.337 e. The fourth-order valence-electron chi connectivity index (χ4n) is 0.580. The van der Waals surface area contributed by atoms with E-state index in [1.165, 1.54) is 11.8 Å². The number of thioether (sulfide) groups is 1. The molecule has 0 aliphatic carbocycles. The fraction of sp³-hybridized carbons (Fsp3) is 0.250. The molecule has 0 aromatic heterocycles. The van der Waals surface area contributed by atoms with Gasteiger partial charge in [0.1, 0.15) is 0 Å². The lowest BCUT2D eigenvalue weighted by molar-refractivity contribution is -0.132. The Kier molecular flexibility index (Phi) is 4.91. The molecular formula is C8H12N2O2S. The van der Waals surface area contributed by atoms with E-state index in [9.17, 15) is 4.79 Å². The van der Waals surface area contributed by atoms with Gasteiger partial charge in [-0.1, -0.05) is 24.4 Å². The number of hydrogen-bond acceptors (Lipinski definition) is 3. The Labute approximate surface area is 81.2 Å². The van der Waals surface area contributed by atoms with Crippen molar-refractivity contribution in [1.82, 2.24) is 0 Å². The van der Waals surface area contributed by atoms with E-state index in [4.69, 9.17) is 10.8 Å². The molecule has 72 valence electrons. The molecule has 0 saturated carbocycles. The molecule has 0 rings (SSSR count). The summed E-state index contributed by atoms with van der Waals surface area (Å²) in [6.45, 7) is 5.05. The Bertz CT molecular complexity index is 282. The number of amidine groups is 1. The third-order valence-corrected chi connectivity index (χ3v) is 1.79. The van der Waals surface area contributed by atoms with Gasteiger partial charge in [0, 0.05) is 0 Å². The quantitative estimate of drug-likeness (QED) is 0.311. The van der Waals surface area contributed by atoms with Crippen LogP contribution in [-0.2, 0) is 4.79 Å². The van der Waals surface area contributed by atoms with Gasteiger partial charge in [-0.25, -0.2) is 9.79 Å². The number of aliphatic imine (C=N–C) groups is 1. The summed E-state index contributed by atoms with van der Waals surface area (Å²) >= 11 is 1.25. The van der Waals surface area contributed by atoms with Crippen molar-refractivity contribution < 1.29 is 9.90 Å². The Morgan fingerprint density at radius 3 is 2.54 bits per heavy atom. The molecule has 0 radical (unpaired) electrons. The van der Waals surface area contributed by atoms with Gasteiger partial charge in [-0.2, -0.15) is 0 Å². The number of rotatable bonds is 3. The van der Waals surface area contributed by atoms with Gasteiger partial charge < -0.3 is 10.8 Å². The zero-order chi connectivity index (χ0) is 10.4. The second-order valence-corrected chi connectivity index (χ2v) is 2.94. The molecule has 0 aliphatic rings. The van der Waals surface area contributed by atoms with Crippen LogP contribution in [0.4, 0.5) is 0 Å². The van der Waals surface area contributed by atoms with Crippen molar-refractivity contribution in [3.05, 3.63) is 23.9 Å². The normalized spacial score (nSPS) is 12.8. The molecule has 0 spiro atoms. The van der Waals surface area contributed by atoms with E-state index in [0.717, 1.165) is 0 Å². The summed E-state index contributed by atoms with van der Waals surface area (Å²) in [7, 11) is 0. The first-order valence-corrected chi connectivity index (χ1v) is 4.72. The van der Waals surface area contributed by atoms with Crippen molar-refractivity contribution in [1.29, 1.82) is 0 Å². The van der Waals surface area contributed by atoms with Crippen LogP contribution in [0.15, 0.2) is 28.9 Å². The molecule has 5 heteroatoms. The summed E-state index contributed by atoms with van der Waals surface area (Å²) in [5.74, 6) is -1.09. The minimum Gasteiger partial charge on any atom is -0.478 e. The number of nitrogens with two attached hydrogens (primary N) is 1. The SMILES string of the molecule is C=C(C(=O)O)/C(=C\C)N=C(N)SC. The van der Waals surface area contributed by atoms with Crippen molar-refractivity contribution in [3.63, 3.8) is 0 Å². The standard InChI is InChI=1S/C8H12N2O2S/c1-4-6(5(2)7(11)12)10-8(9)13-3/h4H,2H2,1,3H3,(H2,9,10)(H,11,12)/b6-4+. The Balaban J connectivity index is 4.75. The second-order valence-electron chi connectivity index (χ2n) is 2.11. The maximum atomic E-state index is 10.5. The number of allylic oxidation sites excluding steroid dienone is 1. The number of nitrogens with zero attached hydrogens (tertiary/aromatic N) is 1. The molecule has 0 aromatic rings. The summed E-state index contributed by atoms with van der Waals surface area (Å²) in [6.07, 6.45) is 3.31. The van der Waals surface area contributed by atoms with Crippen LogP contribution in [0.2, 0.25) is 0 Å². The highest BCUT2D eigenvalue weighted by atomic mass is 32.2. The summed E-state index contributed by atoms with van der Waals surface area (Å²) in [4.78, 5) is 14.4. The molecule has 0 unspecified atom stereocenters. The molecule has 0 saturated heterocycles. The summed E-state index contributed by atoms with van der Waals surface area (Å²) in [6, 6.07) is 0. The topological polar surface area (TPSA) is 75.7 Å². The minimum atomic E-state index is -1.09. The van der Waals surface area contributed by atoms with Gasteiger partial charge in [-0.3, -0.25) is 0 Å². The lowest BCUT2D eigenvalue weighted by atomic mass is 10.2. The van der Waals surface area contributed by atoms with E-state index in [-0.39, 0.29) is 5.57 Å². The molecular weight excluding hydrogens is 188 g/mol. The van der Waals surface area contributed by atoms with Crippen LogP contribution in [0.25, 0.3) is 0 Å². The maximum Gasteiger partial charge on any atom is 0.337 e. The molecule has 3 N–H and O–H groups in total. The van der Waals surface area contributed by atoms with E-state index >= 15 is 0 Å². The number of carbonyl (C=O) groups is 1. The molecule has 0 amide bonds. The Hall–Kier alpha value is -1.23. The van der Waals surface area contributed by atoms with Crippen LogP contribution in [0, 0.1) is 0 Å². The number of hydrogen-bond donors (Lipinski definition) is 2. The van der Waals surface area contributed by atoms with Crippen molar-refractivity contribution in [2.75, 3.05) is 6.26 Å². The fourth-order valence-corrected chi connectivity index (χ4v) is 0.770. The highest BCUT2D eigenvalue weighted by molar-refractivity contribution is 8.13. The van der Waals surface area contributed by atoms with Gasteiger partial charge in [-0.05, 0) is 13.2 Å². The summed E-state index contributed by atoms with van der Waals surface area (Å²) in [5.41, 5.74) is 5.66. The lowest BCUT2D eigenvalue weighted by Crippen LogP contribution is -2.08. The molecule has 4 nitrogen and oxygen atoms in total. The van der Waals surface area contributed by atoms with Crippen LogP contribution < -0.4 is 5.73 Å². The van der Waals surface area contributed by atoms with Crippen molar-refractivity contribution in [2.45, 2.75) is 6.92 Å². The van der Waals surface area contributed by atoms with Crippen LogP contribution >= 0.6 is 11.8 Å². The van der Waals surface area contributed by atoms with E-state index in [2.05, 4.69) is 11.6 Å². The molecule has 0 aromatic carbocycles. The highest BCUT2D eigenvalue weighted by Gasteiger charge is 2.08. The van der Waals surface area contributed by atoms with Crippen LogP contribution in [0.5, 0.6) is 0 Å². The first-order valence-electron chi connectivity index (χ1n) is 3.50. The molecule has 0 bridgehead atoms. The first-order chi connectivity index (χ1) is 6.02. The van der Waals surface area contributed by atoms with Gasteiger partial charge >= 0.3 is 5.97 Å². The summed E-state index contributed by atoms with van der Waals surface area (Å²) in [5, 5.41) is 8.93. The zero-order valence-corrected chi connectivity index (χ0v) is 8.39. The minimum absolute atomic E-state index is 0.0560. The van der Waals surface area contributed by atoms with E-state index in [0.29, 0.717) is 10.9 Å². The monoisotopic (exact) mass is 200 g/mol. The van der Waals surface area contributed by atoms with Crippen LogP contribution in [0.1, 0.15) is 6.92 Å². The third-order valence-electron chi connectivity index (χ3n) is 1.28. The molecule has 0 fully saturated rings. The predicted molar refractivity (Wildman–Crippen MR) is 55.7 cm³/mol. The van der Waals surface area contributed by atoms with E-state index in [1.54, 1.807) is 19.3 Å². The number of carboxylic acid groups (broad SMARTS) is 1. The van der Waals surface area contributed by atoms with Crippen LogP contribution in [-0.4, -0.2) is 22.5 Å². The Morgan fingerprint density at radius 1 is 1.69 bits per heavy atom. The number of aliphatic carboxylic acids is 1.